The van der Waals surface area contributed by atoms with Gasteiger partial charge < -0.3 is 5.32 Å². The molecule has 0 fully saturated rings. The van der Waals surface area contributed by atoms with E-state index in [1.54, 1.807) is 0 Å². The maximum absolute atomic E-state index is 11.7. The van der Waals surface area contributed by atoms with E-state index in [0.29, 0.717) is 12.2 Å². The monoisotopic (exact) mass is 223 g/mol. The average Bonchev–Trinajstić information content (AvgIpc) is 2.29. The third-order valence-electron chi connectivity index (χ3n) is 2.29. The summed E-state index contributed by atoms with van der Waals surface area (Å²) in [5, 5.41) is 3.03. The summed E-state index contributed by atoms with van der Waals surface area (Å²) in [5.41, 5.74) is 1.95. The van der Waals surface area contributed by atoms with Crippen molar-refractivity contribution >= 4 is 18.4 Å². The van der Waals surface area contributed by atoms with Crippen molar-refractivity contribution in [1.82, 2.24) is 5.32 Å². The van der Waals surface area contributed by atoms with E-state index < -0.39 is 0 Å². The molecule has 0 radical (unpaired) electrons. The molecule has 82 valence electrons. The second kappa shape index (κ2) is 6.64. The zero-order valence-corrected chi connectivity index (χ0v) is 9.89. The van der Waals surface area contributed by atoms with Crippen LogP contribution in [-0.2, 0) is 5.75 Å². The quantitative estimate of drug-likeness (QED) is 0.440. The third-order valence-corrected chi connectivity index (χ3v) is 2.65. The Morgan fingerprint density at radius 3 is 2.53 bits per heavy atom. The zero-order chi connectivity index (χ0) is 11.1. The first kappa shape index (κ1) is 12.3. The molecule has 0 aliphatic heterocycles. The van der Waals surface area contributed by atoms with Gasteiger partial charge >= 0.3 is 0 Å². The van der Waals surface area contributed by atoms with E-state index in [1.165, 1.54) is 0 Å². The third kappa shape index (κ3) is 4.06. The predicted octanol–water partition coefficient (Wildman–Crippen LogP) is 2.30. The minimum absolute atomic E-state index is 0.218. The lowest BCUT2D eigenvalue weighted by Gasteiger charge is -2.02. The highest BCUT2D eigenvalue weighted by atomic mass is 32.1. The van der Waals surface area contributed by atoms with Gasteiger partial charge in [0.1, 0.15) is 0 Å². The van der Waals surface area contributed by atoms with E-state index in [0.717, 1.165) is 24.1 Å². The van der Waals surface area contributed by atoms with Crippen molar-refractivity contribution < 1.29 is 4.79 Å². The van der Waals surface area contributed by atoms with Crippen molar-refractivity contribution in [1.29, 1.82) is 0 Å². The first-order chi connectivity index (χ1) is 7.27. The average molecular weight is 223 g/mol. The largest absolute Gasteiger partial charge is 0.320 e. The van der Waals surface area contributed by atoms with E-state index in [4.69, 9.17) is 0 Å². The van der Waals surface area contributed by atoms with E-state index >= 15 is 0 Å². The molecule has 0 aliphatic carbocycles. The highest BCUT2D eigenvalue weighted by Gasteiger charge is 2.04. The number of Topliss-reactive ketones (excluding diaryl/α,β-unsaturated/α-hetero) is 1. The van der Waals surface area contributed by atoms with Crippen molar-refractivity contribution in [3.8, 4) is 0 Å². The number of nitrogens with one attached hydrogen (secondary N) is 1. The molecule has 0 aromatic heterocycles. The number of hydrogen-bond donors (Lipinski definition) is 2. The van der Waals surface area contributed by atoms with Crippen molar-refractivity contribution in [3.63, 3.8) is 0 Å². The molecule has 0 heterocycles. The Hall–Kier alpha value is -0.800. The maximum atomic E-state index is 11.7. The van der Waals surface area contributed by atoms with Gasteiger partial charge in [-0.1, -0.05) is 24.3 Å². The molecule has 0 bridgehead atoms. The number of hydrogen-bond acceptors (Lipinski definition) is 3. The molecule has 1 N–H and O–H groups in total. The summed E-state index contributed by atoms with van der Waals surface area (Å²) in [7, 11) is 1.89. The fraction of sp³-hybridized carbons (Fsp3) is 0.417. The van der Waals surface area contributed by atoms with Gasteiger partial charge in [-0.3, -0.25) is 4.79 Å². The van der Waals surface area contributed by atoms with Gasteiger partial charge in [-0.25, -0.2) is 0 Å². The minimum atomic E-state index is 0.218. The first-order valence-corrected chi connectivity index (χ1v) is 5.78. The van der Waals surface area contributed by atoms with Gasteiger partial charge in [-0.2, -0.15) is 12.6 Å². The number of carbonyl (C=O) groups is 1. The number of thiol groups is 1. The van der Waals surface area contributed by atoms with Gasteiger partial charge in [0.2, 0.25) is 0 Å². The molecule has 0 aliphatic rings. The molecular weight excluding hydrogens is 206 g/mol. The molecule has 0 spiro atoms. The predicted molar refractivity (Wildman–Crippen MR) is 66.6 cm³/mol. The molecule has 0 amide bonds. The van der Waals surface area contributed by atoms with Crippen molar-refractivity contribution in [2.45, 2.75) is 18.6 Å². The molecule has 0 saturated heterocycles. The normalized spacial score (nSPS) is 10.3. The number of carbonyl (C=O) groups excluding carboxylic acids is 1. The first-order valence-electron chi connectivity index (χ1n) is 5.15. The molecule has 3 heteroatoms. The van der Waals surface area contributed by atoms with Crippen molar-refractivity contribution in [3.05, 3.63) is 35.4 Å². The van der Waals surface area contributed by atoms with E-state index in [2.05, 4.69) is 17.9 Å². The second-order valence-corrected chi connectivity index (χ2v) is 3.80. The lowest BCUT2D eigenvalue weighted by atomic mass is 10.1. The Labute approximate surface area is 96.5 Å². The maximum Gasteiger partial charge on any atom is 0.162 e. The standard InChI is InChI=1S/C12H17NOS/c1-13-8-2-3-12(14)11-6-4-10(9-15)5-7-11/h4-7,13,15H,2-3,8-9H2,1H3. The highest BCUT2D eigenvalue weighted by molar-refractivity contribution is 7.79. The molecule has 1 aromatic rings. The molecule has 1 rings (SSSR count). The molecule has 2 nitrogen and oxygen atoms in total. The Morgan fingerprint density at radius 2 is 2.00 bits per heavy atom. The number of rotatable bonds is 6. The number of ketones is 1. The summed E-state index contributed by atoms with van der Waals surface area (Å²) >= 11 is 4.17. The molecule has 1 aromatic carbocycles. The topological polar surface area (TPSA) is 29.1 Å². The summed E-state index contributed by atoms with van der Waals surface area (Å²) in [6.45, 7) is 0.889. The van der Waals surface area contributed by atoms with Crippen LogP contribution in [0.5, 0.6) is 0 Å². The summed E-state index contributed by atoms with van der Waals surface area (Å²) in [6.07, 6.45) is 1.50. The summed E-state index contributed by atoms with van der Waals surface area (Å²) < 4.78 is 0. The molecule has 15 heavy (non-hydrogen) atoms. The van der Waals surface area contributed by atoms with Crippen LogP contribution in [0, 0.1) is 0 Å². The Morgan fingerprint density at radius 1 is 1.33 bits per heavy atom. The van der Waals surface area contributed by atoms with Crippen LogP contribution in [-0.4, -0.2) is 19.4 Å². The smallest absolute Gasteiger partial charge is 0.162 e. The molecular formula is C12H17NOS. The SMILES string of the molecule is CNCCCC(=O)c1ccc(CS)cc1. The van der Waals surface area contributed by atoms with Crippen LogP contribution >= 0.6 is 12.6 Å². The van der Waals surface area contributed by atoms with Gasteiger partial charge in [-0.15, -0.1) is 0 Å². The molecule has 0 atom stereocenters. The van der Waals surface area contributed by atoms with Crippen LogP contribution in [0.25, 0.3) is 0 Å². The van der Waals surface area contributed by atoms with Crippen molar-refractivity contribution in [2.75, 3.05) is 13.6 Å². The molecule has 0 unspecified atom stereocenters. The van der Waals surface area contributed by atoms with Crippen LogP contribution in [0.2, 0.25) is 0 Å². The summed E-state index contributed by atoms with van der Waals surface area (Å²) in [4.78, 5) is 11.7. The lowest BCUT2D eigenvalue weighted by molar-refractivity contribution is 0.0980. The lowest BCUT2D eigenvalue weighted by Crippen LogP contribution is -2.10. The van der Waals surface area contributed by atoms with Gasteiger partial charge in [0.05, 0.1) is 0 Å². The van der Waals surface area contributed by atoms with Crippen LogP contribution in [0.1, 0.15) is 28.8 Å². The van der Waals surface area contributed by atoms with E-state index in [9.17, 15) is 4.79 Å². The van der Waals surface area contributed by atoms with Crippen LogP contribution < -0.4 is 5.32 Å². The van der Waals surface area contributed by atoms with Crippen LogP contribution in [0.3, 0.4) is 0 Å². The van der Waals surface area contributed by atoms with Crippen molar-refractivity contribution in [2.24, 2.45) is 0 Å². The Bertz CT molecular complexity index is 308. The van der Waals surface area contributed by atoms with E-state index in [-0.39, 0.29) is 5.78 Å². The summed E-state index contributed by atoms with van der Waals surface area (Å²) in [5.74, 6) is 0.935. The fourth-order valence-corrected chi connectivity index (χ4v) is 1.58. The number of benzene rings is 1. The van der Waals surface area contributed by atoms with Gasteiger partial charge in [0, 0.05) is 17.7 Å². The Balaban J connectivity index is 2.50. The Kier molecular flexibility index (Phi) is 5.43. The minimum Gasteiger partial charge on any atom is -0.320 e. The second-order valence-electron chi connectivity index (χ2n) is 3.49. The van der Waals surface area contributed by atoms with Gasteiger partial charge in [0.15, 0.2) is 5.78 Å². The van der Waals surface area contributed by atoms with Crippen LogP contribution in [0.15, 0.2) is 24.3 Å². The zero-order valence-electron chi connectivity index (χ0n) is 8.99. The van der Waals surface area contributed by atoms with E-state index in [1.807, 2.05) is 31.3 Å². The fourth-order valence-electron chi connectivity index (χ4n) is 1.37. The van der Waals surface area contributed by atoms with Gasteiger partial charge in [-0.05, 0) is 25.6 Å². The van der Waals surface area contributed by atoms with Gasteiger partial charge in [0.25, 0.3) is 0 Å². The molecule has 0 saturated carbocycles. The summed E-state index contributed by atoms with van der Waals surface area (Å²) in [6, 6.07) is 7.68. The van der Waals surface area contributed by atoms with Crippen LogP contribution in [0.4, 0.5) is 0 Å². The highest BCUT2D eigenvalue weighted by Crippen LogP contribution is 2.09.